The van der Waals surface area contributed by atoms with Crippen LogP contribution < -0.4 is 5.73 Å². The van der Waals surface area contributed by atoms with E-state index in [0.29, 0.717) is 11.5 Å². The van der Waals surface area contributed by atoms with Crippen molar-refractivity contribution in [2.75, 3.05) is 5.73 Å². The minimum Gasteiger partial charge on any atom is -0.507 e. The maximum absolute atomic E-state index is 10.8. The van der Waals surface area contributed by atoms with Crippen molar-refractivity contribution in [1.29, 1.82) is 0 Å². The average Bonchev–Trinajstić information content (AvgIpc) is 2.45. The van der Waals surface area contributed by atoms with E-state index >= 15 is 0 Å². The van der Waals surface area contributed by atoms with E-state index in [-0.39, 0.29) is 10.8 Å². The van der Waals surface area contributed by atoms with Crippen LogP contribution in [0.1, 0.15) is 58.2 Å². The molecule has 0 saturated heterocycles. The van der Waals surface area contributed by atoms with Gasteiger partial charge < -0.3 is 10.8 Å². The van der Waals surface area contributed by atoms with E-state index in [1.165, 1.54) is 5.56 Å². The Morgan fingerprint density at radius 3 is 2.12 bits per heavy atom. The largest absolute Gasteiger partial charge is 0.507 e. The van der Waals surface area contributed by atoms with Crippen LogP contribution in [0, 0.1) is 0 Å². The maximum atomic E-state index is 10.8. The molecule has 3 N–H and O–H groups in total. The zero-order chi connectivity index (χ0) is 18.1. The molecule has 2 aromatic carbocycles. The first kappa shape index (κ1) is 18.7. The van der Waals surface area contributed by atoms with Crippen LogP contribution in [0.2, 0.25) is 0 Å². The van der Waals surface area contributed by atoms with E-state index in [9.17, 15) is 5.11 Å². The maximum Gasteiger partial charge on any atom is 0.123 e. The molecular weight excluding hydrogens is 314 g/mol. The highest BCUT2D eigenvalue weighted by molar-refractivity contribution is 7.98. The first-order chi connectivity index (χ1) is 11.0. The summed E-state index contributed by atoms with van der Waals surface area (Å²) >= 11 is 1.67. The van der Waals surface area contributed by atoms with Crippen molar-refractivity contribution in [1.82, 2.24) is 0 Å². The van der Waals surface area contributed by atoms with Crippen molar-refractivity contribution in [2.24, 2.45) is 0 Å². The molecule has 0 aromatic heterocycles. The molecule has 0 fully saturated rings. The topological polar surface area (TPSA) is 46.2 Å². The predicted molar refractivity (Wildman–Crippen MR) is 106 cm³/mol. The van der Waals surface area contributed by atoms with Crippen molar-refractivity contribution < 1.29 is 5.11 Å². The molecule has 2 aromatic rings. The number of hydrogen-bond donors (Lipinski definition) is 2. The minimum atomic E-state index is -0.101. The number of phenols is 1. The van der Waals surface area contributed by atoms with E-state index < -0.39 is 0 Å². The summed E-state index contributed by atoms with van der Waals surface area (Å²) in [6, 6.07) is 12.2. The van der Waals surface area contributed by atoms with Gasteiger partial charge in [-0.05, 0) is 34.1 Å². The van der Waals surface area contributed by atoms with Gasteiger partial charge in [0.05, 0.1) is 0 Å². The third-order valence-corrected chi connectivity index (χ3v) is 5.30. The summed E-state index contributed by atoms with van der Waals surface area (Å²) in [4.78, 5) is 1.05. The zero-order valence-corrected chi connectivity index (χ0v) is 16.4. The van der Waals surface area contributed by atoms with Crippen molar-refractivity contribution >= 4 is 17.4 Å². The van der Waals surface area contributed by atoms with Gasteiger partial charge in [0.2, 0.25) is 0 Å². The first-order valence-corrected chi connectivity index (χ1v) is 9.33. The van der Waals surface area contributed by atoms with Gasteiger partial charge in [-0.3, -0.25) is 0 Å². The number of anilines is 1. The summed E-state index contributed by atoms with van der Waals surface area (Å²) in [5, 5.41) is 10.8. The van der Waals surface area contributed by atoms with Crippen LogP contribution in [-0.4, -0.2) is 5.11 Å². The summed E-state index contributed by atoms with van der Waals surface area (Å²) in [6.07, 6.45) is 0. The summed E-state index contributed by atoms with van der Waals surface area (Å²) < 4.78 is 0. The molecule has 130 valence electrons. The molecule has 0 aliphatic rings. The number of thioether (sulfide) groups is 1. The lowest BCUT2D eigenvalue weighted by Gasteiger charge is -2.27. The van der Waals surface area contributed by atoms with Crippen molar-refractivity contribution in [2.45, 2.75) is 63.0 Å². The molecule has 0 bridgehead atoms. The van der Waals surface area contributed by atoms with Crippen LogP contribution in [0.25, 0.3) is 0 Å². The fraction of sp³-hybridized carbons (Fsp3) is 0.429. The normalized spacial score (nSPS) is 12.4. The lowest BCUT2D eigenvalue weighted by atomic mass is 9.79. The number of benzene rings is 2. The summed E-state index contributed by atoms with van der Waals surface area (Å²) in [5.41, 5.74) is 9.99. The number of phenolic OH excluding ortho intramolecular Hbond substituents is 1. The van der Waals surface area contributed by atoms with Crippen LogP contribution >= 0.6 is 11.8 Å². The molecule has 0 radical (unpaired) electrons. The van der Waals surface area contributed by atoms with Gasteiger partial charge in [0, 0.05) is 21.9 Å². The van der Waals surface area contributed by atoms with E-state index in [0.717, 1.165) is 21.7 Å². The predicted octanol–water partition coefficient (Wildman–Crippen LogP) is 5.86. The average molecular weight is 344 g/mol. The number of hydrogen-bond acceptors (Lipinski definition) is 3. The molecule has 2 nitrogen and oxygen atoms in total. The van der Waals surface area contributed by atoms with Crippen LogP contribution in [0.3, 0.4) is 0 Å². The smallest absolute Gasteiger partial charge is 0.123 e. The molecule has 0 spiro atoms. The van der Waals surface area contributed by atoms with Gasteiger partial charge in [-0.2, -0.15) is 0 Å². The number of para-hydroxylation sites is 1. The molecule has 24 heavy (non-hydrogen) atoms. The molecule has 0 saturated carbocycles. The zero-order valence-electron chi connectivity index (χ0n) is 15.6. The lowest BCUT2D eigenvalue weighted by molar-refractivity contribution is 0.440. The second kappa shape index (κ2) is 6.72. The van der Waals surface area contributed by atoms with Gasteiger partial charge in [-0.25, -0.2) is 0 Å². The van der Waals surface area contributed by atoms with Gasteiger partial charge >= 0.3 is 0 Å². The Hall–Kier alpha value is -1.61. The lowest BCUT2D eigenvalue weighted by Crippen LogP contribution is -2.17. The number of aromatic hydroxyl groups is 1. The molecule has 0 aliphatic carbocycles. The van der Waals surface area contributed by atoms with Crippen molar-refractivity contribution in [3.8, 4) is 5.75 Å². The van der Waals surface area contributed by atoms with Crippen molar-refractivity contribution in [3.05, 3.63) is 53.1 Å². The van der Waals surface area contributed by atoms with Crippen LogP contribution in [0.15, 0.2) is 41.3 Å². The molecule has 0 heterocycles. The molecule has 3 heteroatoms. The fourth-order valence-electron chi connectivity index (χ4n) is 2.58. The Morgan fingerprint density at radius 1 is 0.958 bits per heavy atom. The monoisotopic (exact) mass is 343 g/mol. The van der Waals surface area contributed by atoms with Gasteiger partial charge in [-0.1, -0.05) is 65.8 Å². The Balaban J connectivity index is 2.43. The molecule has 2 rings (SSSR count). The number of nitrogen functional groups attached to an aromatic ring is 1. The minimum absolute atomic E-state index is 0.0406. The third kappa shape index (κ3) is 4.27. The highest BCUT2D eigenvalue weighted by Gasteiger charge is 2.24. The Kier molecular flexibility index (Phi) is 5.24. The van der Waals surface area contributed by atoms with Crippen molar-refractivity contribution in [3.63, 3.8) is 0 Å². The van der Waals surface area contributed by atoms with E-state index in [1.54, 1.807) is 11.8 Å². The standard InChI is InChI=1S/C21H29NOS/c1-20(2,3)15-11-14(19(23)16(12-15)21(4,5)6)13-24-18-10-8-7-9-17(18)22/h7-12,23H,13,22H2,1-6H3. The van der Waals surface area contributed by atoms with Crippen LogP contribution in [-0.2, 0) is 16.6 Å². The van der Waals surface area contributed by atoms with E-state index in [4.69, 9.17) is 5.73 Å². The number of nitrogens with two attached hydrogens (primary N) is 1. The first-order valence-electron chi connectivity index (χ1n) is 8.34. The molecule has 0 unspecified atom stereocenters. The van der Waals surface area contributed by atoms with Gasteiger partial charge in [0.15, 0.2) is 0 Å². The Labute approximate surface area is 150 Å². The second-order valence-electron chi connectivity index (χ2n) is 8.36. The van der Waals surface area contributed by atoms with E-state index in [2.05, 4.69) is 53.7 Å². The van der Waals surface area contributed by atoms with Crippen LogP contribution in [0.4, 0.5) is 5.69 Å². The number of rotatable bonds is 3. The summed E-state index contributed by atoms with van der Waals surface area (Å²) in [5.74, 6) is 1.12. The summed E-state index contributed by atoms with van der Waals surface area (Å²) in [7, 11) is 0. The second-order valence-corrected chi connectivity index (χ2v) is 9.38. The molecule has 0 aliphatic heterocycles. The molecular formula is C21H29NOS. The van der Waals surface area contributed by atoms with Gasteiger partial charge in [0.25, 0.3) is 0 Å². The molecule has 0 amide bonds. The third-order valence-electron chi connectivity index (χ3n) is 4.17. The van der Waals surface area contributed by atoms with Gasteiger partial charge in [-0.15, -0.1) is 11.8 Å². The Morgan fingerprint density at radius 2 is 1.58 bits per heavy atom. The van der Waals surface area contributed by atoms with Gasteiger partial charge in [0.1, 0.15) is 5.75 Å². The highest BCUT2D eigenvalue weighted by Crippen LogP contribution is 2.40. The quantitative estimate of drug-likeness (QED) is 0.542. The summed E-state index contributed by atoms with van der Waals surface area (Å²) in [6.45, 7) is 13.0. The van der Waals surface area contributed by atoms with E-state index in [1.807, 2.05) is 24.3 Å². The van der Waals surface area contributed by atoms with Crippen LogP contribution in [0.5, 0.6) is 5.75 Å². The fourth-order valence-corrected chi connectivity index (χ4v) is 3.52. The highest BCUT2D eigenvalue weighted by atomic mass is 32.2. The SMILES string of the molecule is CC(C)(C)c1cc(CSc2ccccc2N)c(O)c(C(C)(C)C)c1. The molecule has 0 atom stereocenters. The Bertz CT molecular complexity index is 724.